The third kappa shape index (κ3) is 4.26. The molecule has 0 saturated heterocycles. The van der Waals surface area contributed by atoms with Crippen LogP contribution in [0.3, 0.4) is 0 Å². The van der Waals surface area contributed by atoms with Crippen LogP contribution in [-0.2, 0) is 0 Å². The van der Waals surface area contributed by atoms with Crippen LogP contribution in [0.5, 0.6) is 0 Å². The summed E-state index contributed by atoms with van der Waals surface area (Å²) in [5, 5.41) is 5.71. The number of halogens is 6. The average Bonchev–Trinajstić information content (AvgIpc) is 2.56. The first-order chi connectivity index (χ1) is 7.68. The van der Waals surface area contributed by atoms with Crippen molar-refractivity contribution in [1.82, 2.24) is 9.91 Å². The van der Waals surface area contributed by atoms with Gasteiger partial charge in [0.05, 0.1) is 0 Å². The van der Waals surface area contributed by atoms with Crippen LogP contribution in [0.4, 0.5) is 0 Å². The highest BCUT2D eigenvalue weighted by Gasteiger charge is 2.49. The second kappa shape index (κ2) is 5.98. The molecule has 1 atom stereocenters. The molecule has 0 saturated carbocycles. The maximum absolute atomic E-state index is 5.91. The maximum atomic E-state index is 5.91. The molecule has 0 amide bonds. The molecule has 9 heteroatoms. The zero-order chi connectivity index (χ0) is 13.3. The van der Waals surface area contributed by atoms with Crippen LogP contribution in [0.25, 0.3) is 0 Å². The van der Waals surface area contributed by atoms with E-state index in [1.54, 1.807) is 5.01 Å². The summed E-state index contributed by atoms with van der Waals surface area (Å²) in [5.41, 5.74) is 0. The Kier molecular flexibility index (Phi) is 5.65. The van der Waals surface area contributed by atoms with Crippen molar-refractivity contribution in [3.8, 4) is 0 Å². The number of hydrazone groups is 1. The highest BCUT2D eigenvalue weighted by Crippen LogP contribution is 2.43. The van der Waals surface area contributed by atoms with E-state index in [1.165, 1.54) is 11.2 Å². The minimum Gasteiger partial charge on any atom is -0.290 e. The third-order valence-corrected chi connectivity index (χ3v) is 3.37. The molecule has 0 spiro atoms. The van der Waals surface area contributed by atoms with E-state index in [1.807, 2.05) is 0 Å². The molecular formula is C8H11Cl6N3. The van der Waals surface area contributed by atoms with Gasteiger partial charge in [-0.3, -0.25) is 9.91 Å². The Bertz CT molecular complexity index is 284. The number of nitrogens with zero attached hydrogens (tertiary/aromatic N) is 3. The van der Waals surface area contributed by atoms with Gasteiger partial charge in [0.15, 0.2) is 6.17 Å². The first kappa shape index (κ1) is 16.1. The van der Waals surface area contributed by atoms with E-state index in [-0.39, 0.29) is 0 Å². The molecule has 100 valence electrons. The largest absolute Gasteiger partial charge is 0.290 e. The third-order valence-electron chi connectivity index (χ3n) is 2.20. The molecule has 0 aromatic rings. The Morgan fingerprint density at radius 2 is 1.76 bits per heavy atom. The Morgan fingerprint density at radius 3 is 2.18 bits per heavy atom. The predicted molar refractivity (Wildman–Crippen MR) is 76.3 cm³/mol. The summed E-state index contributed by atoms with van der Waals surface area (Å²) in [4.78, 5) is 1.29. The quantitative estimate of drug-likeness (QED) is 0.549. The van der Waals surface area contributed by atoms with Crippen molar-refractivity contribution in [3.63, 3.8) is 0 Å². The van der Waals surface area contributed by atoms with Gasteiger partial charge in [0.25, 0.3) is 3.92 Å². The molecule has 0 bridgehead atoms. The van der Waals surface area contributed by atoms with Crippen molar-refractivity contribution in [3.05, 3.63) is 0 Å². The van der Waals surface area contributed by atoms with Crippen LogP contribution in [0.1, 0.15) is 19.8 Å². The van der Waals surface area contributed by atoms with Gasteiger partial charge in [0, 0.05) is 6.54 Å². The van der Waals surface area contributed by atoms with Crippen LogP contribution in [-0.4, -0.2) is 36.7 Å². The molecule has 0 aliphatic carbocycles. The van der Waals surface area contributed by atoms with Gasteiger partial charge in [-0.2, -0.15) is 5.10 Å². The SMILES string of the molecule is CCCCN1N=CN(C(Cl)(Cl)Cl)C1C(Cl)(Cl)Cl. The van der Waals surface area contributed by atoms with E-state index >= 15 is 0 Å². The van der Waals surface area contributed by atoms with Gasteiger partial charge in [-0.05, 0) is 6.42 Å². The topological polar surface area (TPSA) is 18.8 Å². The molecule has 1 heterocycles. The van der Waals surface area contributed by atoms with Gasteiger partial charge in [0.2, 0.25) is 3.79 Å². The summed E-state index contributed by atoms with van der Waals surface area (Å²) in [6.45, 7) is 2.68. The van der Waals surface area contributed by atoms with Crippen molar-refractivity contribution in [2.75, 3.05) is 6.54 Å². The summed E-state index contributed by atoms with van der Waals surface area (Å²) < 4.78 is -3.34. The van der Waals surface area contributed by atoms with E-state index in [0.717, 1.165) is 12.8 Å². The van der Waals surface area contributed by atoms with E-state index in [4.69, 9.17) is 69.6 Å². The Morgan fingerprint density at radius 1 is 1.18 bits per heavy atom. The second-order valence-corrected chi connectivity index (χ2v) is 8.13. The summed E-state index contributed by atoms with van der Waals surface area (Å²) in [6, 6.07) is 0. The van der Waals surface area contributed by atoms with E-state index in [9.17, 15) is 0 Å². The molecule has 1 aliphatic rings. The van der Waals surface area contributed by atoms with Crippen molar-refractivity contribution in [1.29, 1.82) is 0 Å². The number of rotatable bonds is 3. The lowest BCUT2D eigenvalue weighted by atomic mass is 10.3. The Labute approximate surface area is 130 Å². The Balaban J connectivity index is 2.86. The summed E-state index contributed by atoms with van der Waals surface area (Å²) >= 11 is 35.1. The fourth-order valence-electron chi connectivity index (χ4n) is 1.42. The monoisotopic (exact) mass is 359 g/mol. The van der Waals surface area contributed by atoms with Crippen molar-refractivity contribution < 1.29 is 0 Å². The van der Waals surface area contributed by atoms with Crippen LogP contribution in [0.15, 0.2) is 5.10 Å². The van der Waals surface area contributed by atoms with E-state index < -0.39 is 13.9 Å². The van der Waals surface area contributed by atoms with Crippen LogP contribution >= 0.6 is 69.6 Å². The summed E-state index contributed by atoms with van der Waals surface area (Å²) in [5.74, 6) is 0. The lowest BCUT2D eigenvalue weighted by Crippen LogP contribution is -2.53. The standard InChI is InChI=1S/C8H11Cl6N3/c1-2-3-4-17-6(7(9,10)11)16(5-15-17)8(12,13)14/h5-6H,2-4H2,1H3. The van der Waals surface area contributed by atoms with Crippen molar-refractivity contribution in [2.24, 2.45) is 5.10 Å². The lowest BCUT2D eigenvalue weighted by molar-refractivity contribution is 0.130. The van der Waals surface area contributed by atoms with Crippen molar-refractivity contribution >= 4 is 75.9 Å². The normalized spacial score (nSPS) is 21.5. The molecule has 0 aromatic heterocycles. The number of alkyl halides is 6. The summed E-state index contributed by atoms with van der Waals surface area (Å²) in [7, 11) is 0. The average molecular weight is 362 g/mol. The highest BCUT2D eigenvalue weighted by atomic mass is 35.6. The van der Waals surface area contributed by atoms with Crippen molar-refractivity contribution in [2.45, 2.75) is 33.6 Å². The van der Waals surface area contributed by atoms with Gasteiger partial charge in [-0.15, -0.1) is 0 Å². The maximum Gasteiger partial charge on any atom is 0.270 e. The number of hydrogen-bond donors (Lipinski definition) is 0. The van der Waals surface area contributed by atoms with Crippen LogP contribution in [0, 0.1) is 0 Å². The molecule has 0 radical (unpaired) electrons. The minimum atomic E-state index is -1.71. The highest BCUT2D eigenvalue weighted by molar-refractivity contribution is 6.69. The van der Waals surface area contributed by atoms with Gasteiger partial charge in [0.1, 0.15) is 6.34 Å². The smallest absolute Gasteiger partial charge is 0.270 e. The van der Waals surface area contributed by atoms with E-state index in [2.05, 4.69) is 12.0 Å². The zero-order valence-electron chi connectivity index (χ0n) is 8.89. The minimum absolute atomic E-state index is 0.628. The first-order valence-corrected chi connectivity index (χ1v) is 7.17. The van der Waals surface area contributed by atoms with E-state index in [0.29, 0.717) is 6.54 Å². The fraction of sp³-hybridized carbons (Fsp3) is 0.875. The molecular weight excluding hydrogens is 351 g/mol. The van der Waals surface area contributed by atoms with Gasteiger partial charge in [-0.25, -0.2) is 0 Å². The second-order valence-electron chi connectivity index (χ2n) is 3.54. The molecule has 3 nitrogen and oxygen atoms in total. The zero-order valence-corrected chi connectivity index (χ0v) is 13.4. The molecule has 1 aliphatic heterocycles. The molecule has 0 fully saturated rings. The molecule has 1 unspecified atom stereocenters. The first-order valence-electron chi connectivity index (χ1n) is 4.90. The van der Waals surface area contributed by atoms with Crippen LogP contribution in [0.2, 0.25) is 0 Å². The summed E-state index contributed by atoms with van der Waals surface area (Å²) in [6.07, 6.45) is 2.54. The van der Waals surface area contributed by atoms with Gasteiger partial charge >= 0.3 is 0 Å². The van der Waals surface area contributed by atoms with Gasteiger partial charge in [-0.1, -0.05) is 83.0 Å². The fourth-order valence-corrected chi connectivity index (χ4v) is 2.48. The molecule has 0 aromatic carbocycles. The predicted octanol–water partition coefficient (Wildman–Crippen LogP) is 4.37. The Hall–Kier alpha value is 1.01. The molecule has 0 N–H and O–H groups in total. The molecule has 17 heavy (non-hydrogen) atoms. The number of unbranched alkanes of at least 4 members (excludes halogenated alkanes) is 1. The van der Waals surface area contributed by atoms with Crippen LogP contribution < -0.4 is 0 Å². The van der Waals surface area contributed by atoms with Gasteiger partial charge < -0.3 is 0 Å². The molecule has 1 rings (SSSR count). The number of hydrogen-bond acceptors (Lipinski definition) is 3. The lowest BCUT2D eigenvalue weighted by Gasteiger charge is -2.38.